The van der Waals surface area contributed by atoms with Crippen LogP contribution in [0.5, 0.6) is 0 Å². The van der Waals surface area contributed by atoms with Crippen LogP contribution >= 0.6 is 0 Å². The number of nitrogens with zero attached hydrogens (tertiary/aromatic N) is 5. The Labute approximate surface area is 164 Å². The van der Waals surface area contributed by atoms with Gasteiger partial charge in [0.05, 0.1) is 23.8 Å². The van der Waals surface area contributed by atoms with Crippen LogP contribution in [0.4, 0.5) is 5.82 Å². The van der Waals surface area contributed by atoms with Gasteiger partial charge in [-0.25, -0.2) is 15.0 Å². The van der Waals surface area contributed by atoms with Crippen molar-refractivity contribution in [2.75, 3.05) is 18.0 Å². The van der Waals surface area contributed by atoms with Crippen LogP contribution in [0.3, 0.4) is 0 Å². The summed E-state index contributed by atoms with van der Waals surface area (Å²) in [7, 11) is 0. The summed E-state index contributed by atoms with van der Waals surface area (Å²) >= 11 is 0. The first kappa shape index (κ1) is 18.2. The molecule has 0 aliphatic heterocycles. The fourth-order valence-electron chi connectivity index (χ4n) is 3.45. The molecule has 0 N–H and O–H groups in total. The highest BCUT2D eigenvalue weighted by Crippen LogP contribution is 2.26. The summed E-state index contributed by atoms with van der Waals surface area (Å²) in [6.07, 6.45) is 4.50. The molecule has 4 aromatic rings. The van der Waals surface area contributed by atoms with Crippen LogP contribution in [0.1, 0.15) is 32.4 Å². The summed E-state index contributed by atoms with van der Waals surface area (Å²) in [6, 6.07) is 12.3. The second-order valence-corrected chi connectivity index (χ2v) is 6.66. The number of aryl methyl sites for hydroxylation is 1. The number of fused-ring (bicyclic) bond motifs is 1. The van der Waals surface area contributed by atoms with Crippen molar-refractivity contribution in [3.8, 4) is 11.4 Å². The monoisotopic (exact) mass is 375 g/mol. The summed E-state index contributed by atoms with van der Waals surface area (Å²) in [4.78, 5) is 16.1. The highest BCUT2D eigenvalue weighted by Gasteiger charge is 2.15. The number of pyridine rings is 1. The molecule has 144 valence electrons. The third kappa shape index (κ3) is 3.38. The Morgan fingerprint density at radius 2 is 1.79 bits per heavy atom. The standard InChI is InChI=1S/C22H25N5O/c1-4-21-24-14-17(28-21)15-27-19-10-8-7-9-18(19)25-22(27)16-11-12-20(23-13-16)26(5-2)6-3/h7-14H,4-6,15H2,1-3H3. The minimum absolute atomic E-state index is 0.584. The predicted octanol–water partition coefficient (Wildman–Crippen LogP) is 4.54. The minimum Gasteiger partial charge on any atom is -0.444 e. The van der Waals surface area contributed by atoms with Crippen molar-refractivity contribution in [3.05, 3.63) is 60.4 Å². The lowest BCUT2D eigenvalue weighted by molar-refractivity contribution is 0.451. The number of aromatic nitrogens is 4. The number of oxazole rings is 1. The van der Waals surface area contributed by atoms with Gasteiger partial charge in [-0.1, -0.05) is 19.1 Å². The van der Waals surface area contributed by atoms with Crippen molar-refractivity contribution >= 4 is 16.9 Å². The third-order valence-corrected chi connectivity index (χ3v) is 4.97. The molecular formula is C22H25N5O. The van der Waals surface area contributed by atoms with Crippen molar-refractivity contribution in [2.24, 2.45) is 0 Å². The molecule has 3 aromatic heterocycles. The van der Waals surface area contributed by atoms with E-state index in [1.54, 1.807) is 6.20 Å². The molecule has 4 rings (SSSR count). The molecule has 0 saturated carbocycles. The molecule has 0 bridgehead atoms. The molecule has 6 nitrogen and oxygen atoms in total. The summed E-state index contributed by atoms with van der Waals surface area (Å²) in [6.45, 7) is 8.78. The molecule has 0 unspecified atom stereocenters. The number of para-hydroxylation sites is 2. The zero-order chi connectivity index (χ0) is 19.5. The lowest BCUT2D eigenvalue weighted by atomic mass is 10.2. The molecule has 28 heavy (non-hydrogen) atoms. The number of hydrogen-bond donors (Lipinski definition) is 0. The summed E-state index contributed by atoms with van der Waals surface area (Å²) in [5, 5.41) is 0. The van der Waals surface area contributed by atoms with Crippen LogP contribution in [0, 0.1) is 0 Å². The normalized spacial score (nSPS) is 11.2. The largest absolute Gasteiger partial charge is 0.444 e. The topological polar surface area (TPSA) is 60.0 Å². The van der Waals surface area contributed by atoms with Crippen LogP contribution in [-0.2, 0) is 13.0 Å². The van der Waals surface area contributed by atoms with E-state index in [0.29, 0.717) is 6.54 Å². The maximum absolute atomic E-state index is 5.84. The van der Waals surface area contributed by atoms with Crippen LogP contribution < -0.4 is 4.90 Å². The molecular weight excluding hydrogens is 350 g/mol. The Morgan fingerprint density at radius 3 is 2.46 bits per heavy atom. The second kappa shape index (κ2) is 7.84. The van der Waals surface area contributed by atoms with Crippen molar-refractivity contribution in [1.29, 1.82) is 0 Å². The maximum Gasteiger partial charge on any atom is 0.194 e. The fourth-order valence-corrected chi connectivity index (χ4v) is 3.45. The van der Waals surface area contributed by atoms with Crippen molar-refractivity contribution in [1.82, 2.24) is 19.5 Å². The summed E-state index contributed by atoms with van der Waals surface area (Å²) in [5.41, 5.74) is 3.02. The lowest BCUT2D eigenvalue weighted by Gasteiger charge is -2.19. The zero-order valence-corrected chi connectivity index (χ0v) is 16.6. The highest BCUT2D eigenvalue weighted by molar-refractivity contribution is 5.80. The first-order valence-electron chi connectivity index (χ1n) is 9.83. The van der Waals surface area contributed by atoms with Crippen LogP contribution in [0.25, 0.3) is 22.4 Å². The van der Waals surface area contributed by atoms with E-state index in [1.807, 2.05) is 31.3 Å². The molecule has 0 amide bonds. The Morgan fingerprint density at radius 1 is 0.964 bits per heavy atom. The van der Waals surface area contributed by atoms with Gasteiger partial charge in [0.15, 0.2) is 5.89 Å². The lowest BCUT2D eigenvalue weighted by Crippen LogP contribution is -2.22. The molecule has 0 spiro atoms. The first-order valence-corrected chi connectivity index (χ1v) is 9.83. The van der Waals surface area contributed by atoms with Gasteiger partial charge in [0.25, 0.3) is 0 Å². The highest BCUT2D eigenvalue weighted by atomic mass is 16.4. The van der Waals surface area contributed by atoms with E-state index >= 15 is 0 Å². The smallest absolute Gasteiger partial charge is 0.194 e. The van der Waals surface area contributed by atoms with Gasteiger partial charge in [0, 0.05) is 31.3 Å². The molecule has 0 aliphatic rings. The zero-order valence-electron chi connectivity index (χ0n) is 16.6. The molecule has 0 aliphatic carbocycles. The Bertz CT molecular complexity index is 1060. The van der Waals surface area contributed by atoms with Gasteiger partial charge in [-0.05, 0) is 38.1 Å². The average Bonchev–Trinajstić information content (AvgIpc) is 3.35. The van der Waals surface area contributed by atoms with Crippen LogP contribution in [0.15, 0.2) is 53.2 Å². The van der Waals surface area contributed by atoms with E-state index in [0.717, 1.165) is 59.4 Å². The molecule has 0 atom stereocenters. The quantitative estimate of drug-likeness (QED) is 0.474. The van der Waals surface area contributed by atoms with E-state index in [1.165, 1.54) is 0 Å². The maximum atomic E-state index is 5.84. The van der Waals surface area contributed by atoms with Gasteiger partial charge in [-0.15, -0.1) is 0 Å². The molecule has 0 radical (unpaired) electrons. The van der Waals surface area contributed by atoms with E-state index in [2.05, 4.69) is 51.5 Å². The van der Waals surface area contributed by atoms with E-state index in [-0.39, 0.29) is 0 Å². The summed E-state index contributed by atoms with van der Waals surface area (Å²) in [5.74, 6) is 3.45. The van der Waals surface area contributed by atoms with Gasteiger partial charge in [0.1, 0.15) is 17.4 Å². The van der Waals surface area contributed by atoms with E-state index in [4.69, 9.17) is 9.40 Å². The molecule has 1 aromatic carbocycles. The third-order valence-electron chi connectivity index (χ3n) is 4.97. The molecule has 0 saturated heterocycles. The number of anilines is 1. The van der Waals surface area contributed by atoms with Gasteiger partial charge in [0.2, 0.25) is 0 Å². The number of hydrogen-bond acceptors (Lipinski definition) is 5. The second-order valence-electron chi connectivity index (χ2n) is 6.66. The van der Waals surface area contributed by atoms with Gasteiger partial charge in [-0.2, -0.15) is 0 Å². The molecule has 0 fully saturated rings. The van der Waals surface area contributed by atoms with Gasteiger partial charge in [-0.3, -0.25) is 0 Å². The minimum atomic E-state index is 0.584. The fraction of sp³-hybridized carbons (Fsp3) is 0.318. The molecule has 6 heteroatoms. The Kier molecular flexibility index (Phi) is 5.10. The van der Waals surface area contributed by atoms with Crippen LogP contribution in [-0.4, -0.2) is 32.6 Å². The van der Waals surface area contributed by atoms with E-state index in [9.17, 15) is 0 Å². The molecule has 3 heterocycles. The first-order chi connectivity index (χ1) is 13.7. The van der Waals surface area contributed by atoms with Crippen LogP contribution in [0.2, 0.25) is 0 Å². The van der Waals surface area contributed by atoms with Gasteiger partial charge >= 0.3 is 0 Å². The number of imidazole rings is 1. The summed E-state index contributed by atoms with van der Waals surface area (Å²) < 4.78 is 8.01. The number of rotatable bonds is 7. The van der Waals surface area contributed by atoms with E-state index < -0.39 is 0 Å². The Hall–Kier alpha value is -3.15. The van der Waals surface area contributed by atoms with Gasteiger partial charge < -0.3 is 13.9 Å². The average molecular weight is 375 g/mol. The predicted molar refractivity (Wildman–Crippen MR) is 112 cm³/mol. The van der Waals surface area contributed by atoms with Crippen molar-refractivity contribution in [3.63, 3.8) is 0 Å². The van der Waals surface area contributed by atoms with Crippen molar-refractivity contribution in [2.45, 2.75) is 33.7 Å². The SMILES string of the molecule is CCc1ncc(Cn2c(-c3ccc(N(CC)CC)nc3)nc3ccccc32)o1. The van der Waals surface area contributed by atoms with Crippen molar-refractivity contribution < 1.29 is 4.42 Å². The Balaban J connectivity index is 1.76. The number of benzene rings is 1.